The third-order valence-corrected chi connectivity index (χ3v) is 6.76. The lowest BCUT2D eigenvalue weighted by molar-refractivity contribution is 0.101. The quantitative estimate of drug-likeness (QED) is 0.454. The first-order chi connectivity index (χ1) is 14.5. The van der Waals surface area contributed by atoms with E-state index in [1.165, 1.54) is 5.69 Å². The van der Waals surface area contributed by atoms with Crippen LogP contribution in [-0.4, -0.2) is 49.0 Å². The number of hydrogen-bond acceptors (Lipinski definition) is 6. The molecule has 0 saturated carbocycles. The predicted octanol–water partition coefficient (Wildman–Crippen LogP) is 5.11. The highest BCUT2D eigenvalue weighted by Crippen LogP contribution is 2.34. The Balaban J connectivity index is 1.37. The van der Waals surface area contributed by atoms with Crippen LogP contribution < -0.4 is 9.64 Å². The zero-order valence-corrected chi connectivity index (χ0v) is 19.5. The molecule has 5 nitrogen and oxygen atoms in total. The van der Waals surface area contributed by atoms with Gasteiger partial charge in [0.1, 0.15) is 10.8 Å². The minimum Gasteiger partial charge on any atom is -0.496 e. The molecule has 0 unspecified atom stereocenters. The van der Waals surface area contributed by atoms with Crippen molar-refractivity contribution in [2.24, 2.45) is 0 Å². The van der Waals surface area contributed by atoms with Gasteiger partial charge in [-0.05, 0) is 49.4 Å². The number of aromatic nitrogens is 1. The number of piperazine rings is 1. The molecule has 1 saturated heterocycles. The number of halogens is 1. The van der Waals surface area contributed by atoms with Crippen LogP contribution in [0, 0.1) is 0 Å². The second-order valence-electron chi connectivity index (χ2n) is 7.35. The van der Waals surface area contributed by atoms with Gasteiger partial charge >= 0.3 is 0 Å². The minimum absolute atomic E-state index is 0.106. The van der Waals surface area contributed by atoms with Gasteiger partial charge in [-0.1, -0.05) is 15.9 Å². The second kappa shape index (κ2) is 9.29. The van der Waals surface area contributed by atoms with Crippen molar-refractivity contribution in [2.45, 2.75) is 13.5 Å². The molecule has 0 bridgehead atoms. The Morgan fingerprint density at radius 3 is 2.53 bits per heavy atom. The molecule has 2 heterocycles. The van der Waals surface area contributed by atoms with Crippen molar-refractivity contribution in [3.05, 3.63) is 63.6 Å². The number of ether oxygens (including phenoxy) is 1. The molecule has 0 spiro atoms. The minimum atomic E-state index is 0.106. The van der Waals surface area contributed by atoms with E-state index in [0.29, 0.717) is 0 Å². The van der Waals surface area contributed by atoms with Gasteiger partial charge in [-0.15, -0.1) is 11.3 Å². The molecule has 0 amide bonds. The molecule has 0 aliphatic carbocycles. The van der Waals surface area contributed by atoms with E-state index in [2.05, 4.69) is 37.2 Å². The Morgan fingerprint density at radius 2 is 1.87 bits per heavy atom. The molecular weight excluding hydrogens is 462 g/mol. The number of nitrogens with zero attached hydrogens (tertiary/aromatic N) is 3. The van der Waals surface area contributed by atoms with E-state index in [9.17, 15) is 4.79 Å². The van der Waals surface area contributed by atoms with Gasteiger partial charge in [0, 0.05) is 53.8 Å². The molecule has 0 radical (unpaired) electrons. The highest BCUT2D eigenvalue weighted by Gasteiger charge is 2.19. The summed E-state index contributed by atoms with van der Waals surface area (Å²) in [5.41, 5.74) is 4.05. The Morgan fingerprint density at radius 1 is 1.13 bits per heavy atom. The van der Waals surface area contributed by atoms with Gasteiger partial charge in [0.05, 0.1) is 18.4 Å². The maximum atomic E-state index is 11.5. The molecule has 156 valence electrons. The maximum Gasteiger partial charge on any atom is 0.159 e. The molecule has 30 heavy (non-hydrogen) atoms. The van der Waals surface area contributed by atoms with Gasteiger partial charge in [-0.25, -0.2) is 4.98 Å². The fraction of sp³-hybridized carbons (Fsp3) is 0.304. The SMILES string of the molecule is COc1ccc(Br)cc1-c1nc(CN2CCN(c3ccc(C(C)=O)cc3)CC2)cs1. The number of carbonyl (C=O) groups excluding carboxylic acids is 1. The van der Waals surface area contributed by atoms with Gasteiger partial charge in [0.2, 0.25) is 0 Å². The van der Waals surface area contributed by atoms with Crippen molar-refractivity contribution >= 4 is 38.7 Å². The standard InChI is InChI=1S/C23H24BrN3O2S/c1-16(28)17-3-6-20(7-4-17)27-11-9-26(10-12-27)14-19-15-30-23(25-19)21-13-18(24)5-8-22(21)29-2/h3-8,13,15H,9-12,14H2,1-2H3. The Kier molecular flexibility index (Phi) is 6.51. The van der Waals surface area contributed by atoms with Crippen molar-refractivity contribution in [1.82, 2.24) is 9.88 Å². The molecule has 0 atom stereocenters. The zero-order chi connectivity index (χ0) is 21.1. The normalized spacial score (nSPS) is 14.7. The fourth-order valence-corrected chi connectivity index (χ4v) is 4.84. The summed E-state index contributed by atoms with van der Waals surface area (Å²) in [4.78, 5) is 21.1. The van der Waals surface area contributed by atoms with Crippen LogP contribution in [0.25, 0.3) is 10.6 Å². The highest BCUT2D eigenvalue weighted by molar-refractivity contribution is 9.10. The number of anilines is 1. The molecule has 1 aliphatic heterocycles. The first-order valence-corrected chi connectivity index (χ1v) is 11.6. The molecule has 1 fully saturated rings. The lowest BCUT2D eigenvalue weighted by atomic mass is 10.1. The Bertz CT molecular complexity index is 1030. The number of thiazole rings is 1. The molecule has 4 rings (SSSR count). The van der Waals surface area contributed by atoms with Crippen molar-refractivity contribution in [2.75, 3.05) is 38.2 Å². The summed E-state index contributed by atoms with van der Waals surface area (Å²) < 4.78 is 6.52. The first-order valence-electron chi connectivity index (χ1n) is 9.90. The first kappa shape index (κ1) is 21.0. The van der Waals surface area contributed by atoms with Crippen LogP contribution in [0.1, 0.15) is 23.0 Å². The number of Topliss-reactive ketones (excluding diaryl/α,β-unsaturated/α-hetero) is 1. The van der Waals surface area contributed by atoms with Crippen molar-refractivity contribution < 1.29 is 9.53 Å². The van der Waals surface area contributed by atoms with Gasteiger partial charge < -0.3 is 9.64 Å². The molecule has 1 aliphatic rings. The number of carbonyl (C=O) groups is 1. The highest BCUT2D eigenvalue weighted by atomic mass is 79.9. The maximum absolute atomic E-state index is 11.5. The van der Waals surface area contributed by atoms with E-state index in [0.717, 1.165) is 64.8 Å². The molecule has 2 aromatic carbocycles. The van der Waals surface area contributed by atoms with Crippen LogP contribution in [-0.2, 0) is 6.54 Å². The topological polar surface area (TPSA) is 45.7 Å². The lowest BCUT2D eigenvalue weighted by Crippen LogP contribution is -2.46. The molecular formula is C23H24BrN3O2S. The molecule has 0 N–H and O–H groups in total. The van der Waals surface area contributed by atoms with Gasteiger partial charge in [0.15, 0.2) is 5.78 Å². The van der Waals surface area contributed by atoms with E-state index < -0.39 is 0 Å². The van der Waals surface area contributed by atoms with Crippen molar-refractivity contribution in [1.29, 1.82) is 0 Å². The van der Waals surface area contributed by atoms with E-state index in [-0.39, 0.29) is 5.78 Å². The van der Waals surface area contributed by atoms with Gasteiger partial charge in [0.25, 0.3) is 0 Å². The number of rotatable bonds is 6. The average molecular weight is 486 g/mol. The zero-order valence-electron chi connectivity index (χ0n) is 17.1. The summed E-state index contributed by atoms with van der Waals surface area (Å²) in [5.74, 6) is 0.943. The summed E-state index contributed by atoms with van der Waals surface area (Å²) in [7, 11) is 1.69. The number of benzene rings is 2. The third kappa shape index (κ3) is 4.74. The van der Waals surface area contributed by atoms with Crippen molar-refractivity contribution in [3.8, 4) is 16.3 Å². The van der Waals surface area contributed by atoms with Crippen LogP contribution in [0.2, 0.25) is 0 Å². The third-order valence-electron chi connectivity index (χ3n) is 5.34. The predicted molar refractivity (Wildman–Crippen MR) is 126 cm³/mol. The fourth-order valence-electron chi connectivity index (χ4n) is 3.65. The lowest BCUT2D eigenvalue weighted by Gasteiger charge is -2.35. The van der Waals surface area contributed by atoms with Crippen molar-refractivity contribution in [3.63, 3.8) is 0 Å². The summed E-state index contributed by atoms with van der Waals surface area (Å²) in [6, 6.07) is 13.9. The van der Waals surface area contributed by atoms with Crippen LogP contribution in [0.5, 0.6) is 5.75 Å². The summed E-state index contributed by atoms with van der Waals surface area (Å²) in [5, 5.41) is 3.12. The van der Waals surface area contributed by atoms with E-state index in [1.54, 1.807) is 25.4 Å². The molecule has 7 heteroatoms. The summed E-state index contributed by atoms with van der Waals surface area (Å²) in [6.07, 6.45) is 0. The number of ketones is 1. The van der Waals surface area contributed by atoms with Crippen LogP contribution >= 0.6 is 27.3 Å². The van der Waals surface area contributed by atoms with Crippen LogP contribution in [0.3, 0.4) is 0 Å². The van der Waals surface area contributed by atoms with E-state index in [1.807, 2.05) is 36.4 Å². The number of hydrogen-bond donors (Lipinski definition) is 0. The van der Waals surface area contributed by atoms with Gasteiger partial charge in [-0.2, -0.15) is 0 Å². The second-order valence-corrected chi connectivity index (χ2v) is 9.13. The largest absolute Gasteiger partial charge is 0.496 e. The Hall–Kier alpha value is -2.22. The summed E-state index contributed by atoms with van der Waals surface area (Å²) in [6.45, 7) is 6.36. The smallest absolute Gasteiger partial charge is 0.159 e. The van der Waals surface area contributed by atoms with E-state index in [4.69, 9.17) is 9.72 Å². The van der Waals surface area contributed by atoms with Crippen LogP contribution in [0.15, 0.2) is 52.3 Å². The Labute approximate surface area is 189 Å². The van der Waals surface area contributed by atoms with E-state index >= 15 is 0 Å². The van der Waals surface area contributed by atoms with Crippen LogP contribution in [0.4, 0.5) is 5.69 Å². The molecule has 1 aromatic heterocycles. The average Bonchev–Trinajstić information content (AvgIpc) is 3.22. The van der Waals surface area contributed by atoms with Gasteiger partial charge in [-0.3, -0.25) is 9.69 Å². The molecule has 3 aromatic rings. The number of methoxy groups -OCH3 is 1. The monoisotopic (exact) mass is 485 g/mol. The summed E-state index contributed by atoms with van der Waals surface area (Å²) >= 11 is 5.19.